The number of aryl methyl sites for hydroxylation is 1. The van der Waals surface area contributed by atoms with Crippen molar-refractivity contribution in [2.45, 2.75) is 38.0 Å². The van der Waals surface area contributed by atoms with E-state index < -0.39 is 5.82 Å². The van der Waals surface area contributed by atoms with Crippen LogP contribution in [0.5, 0.6) is 0 Å². The highest BCUT2D eigenvalue weighted by Crippen LogP contribution is 2.59. The number of hydrogen-bond acceptors (Lipinski definition) is 4. The molecule has 2 aromatic heterocycles. The van der Waals surface area contributed by atoms with E-state index in [1.165, 1.54) is 31.4 Å². The number of benzene rings is 1. The lowest BCUT2D eigenvalue weighted by Gasteiger charge is -2.37. The van der Waals surface area contributed by atoms with E-state index in [0.29, 0.717) is 23.3 Å². The van der Waals surface area contributed by atoms with E-state index in [-0.39, 0.29) is 1.43 Å². The van der Waals surface area contributed by atoms with Crippen LogP contribution in [0.4, 0.5) is 10.1 Å². The van der Waals surface area contributed by atoms with Crippen LogP contribution in [0.2, 0.25) is 0 Å². The zero-order chi connectivity index (χ0) is 20.3. The Morgan fingerprint density at radius 1 is 1.17 bits per heavy atom. The molecule has 0 unspecified atom stereocenters. The summed E-state index contributed by atoms with van der Waals surface area (Å²) in [4.78, 5) is 22.6. The maximum Gasteiger partial charge on any atom is 0.211 e. The van der Waals surface area contributed by atoms with Gasteiger partial charge in [0.1, 0.15) is 0 Å². The Balaban J connectivity index is 0.000000173. The summed E-state index contributed by atoms with van der Waals surface area (Å²) < 4.78 is 12.7. The lowest BCUT2D eigenvalue weighted by atomic mass is 9.67. The smallest absolute Gasteiger partial charge is 0.211 e. The van der Waals surface area contributed by atoms with Gasteiger partial charge in [-0.05, 0) is 68.4 Å². The van der Waals surface area contributed by atoms with Gasteiger partial charge in [0.25, 0.3) is 0 Å². The number of fused-ring (bicyclic) bond motifs is 1. The first-order valence-corrected chi connectivity index (χ1v) is 9.80. The van der Waals surface area contributed by atoms with Gasteiger partial charge in [0.05, 0.1) is 12.4 Å². The summed E-state index contributed by atoms with van der Waals surface area (Å²) >= 11 is 0. The van der Waals surface area contributed by atoms with Gasteiger partial charge in [-0.1, -0.05) is 12.1 Å². The van der Waals surface area contributed by atoms with Crippen LogP contribution in [0.1, 0.15) is 38.4 Å². The molecule has 6 rings (SSSR count). The van der Waals surface area contributed by atoms with Crippen LogP contribution in [0.25, 0.3) is 11.4 Å². The second-order valence-corrected chi connectivity index (χ2v) is 7.83. The largest absolute Gasteiger partial charge is 0.329 e. The quantitative estimate of drug-likeness (QED) is 0.640. The molecule has 3 saturated carbocycles. The van der Waals surface area contributed by atoms with Crippen molar-refractivity contribution in [1.29, 1.82) is 0 Å². The van der Waals surface area contributed by atoms with E-state index in [2.05, 4.69) is 32.4 Å². The normalized spacial score (nSPS) is 21.5. The number of pyridine rings is 1. The van der Waals surface area contributed by atoms with Gasteiger partial charge in [-0.15, -0.1) is 0 Å². The molecule has 0 radical (unpaired) electrons. The lowest BCUT2D eigenvalue weighted by Crippen LogP contribution is -2.32. The predicted molar refractivity (Wildman–Crippen MR) is 112 cm³/mol. The first kappa shape index (κ1) is 19.2. The molecular formula is C23H25FN4O. The van der Waals surface area contributed by atoms with Crippen molar-refractivity contribution >= 4 is 12.1 Å². The number of halogens is 1. The van der Waals surface area contributed by atoms with Gasteiger partial charge >= 0.3 is 0 Å². The van der Waals surface area contributed by atoms with E-state index >= 15 is 0 Å². The first-order valence-electron chi connectivity index (χ1n) is 9.80. The minimum absolute atomic E-state index is 0. The Hall–Kier alpha value is -3.15. The molecule has 1 amide bonds. The van der Waals surface area contributed by atoms with Crippen molar-refractivity contribution in [3.05, 3.63) is 72.1 Å². The van der Waals surface area contributed by atoms with Crippen LogP contribution in [0.3, 0.4) is 0 Å². The molecule has 0 atom stereocenters. The van der Waals surface area contributed by atoms with Crippen LogP contribution in [0, 0.1) is 18.7 Å². The summed E-state index contributed by atoms with van der Waals surface area (Å²) in [5.41, 5.74) is 4.23. The lowest BCUT2D eigenvalue weighted by molar-refractivity contribution is -0.105. The van der Waals surface area contributed by atoms with Crippen molar-refractivity contribution in [3.8, 4) is 11.4 Å². The molecule has 2 bridgehead atoms. The molecule has 150 valence electrons. The predicted octanol–water partition coefficient (Wildman–Crippen LogP) is 4.93. The highest BCUT2D eigenvalue weighted by molar-refractivity contribution is 5.75. The van der Waals surface area contributed by atoms with Crippen LogP contribution in [-0.4, -0.2) is 21.4 Å². The van der Waals surface area contributed by atoms with Crippen LogP contribution in [0.15, 0.2) is 55.0 Å². The Morgan fingerprint density at radius 3 is 2.59 bits per heavy atom. The van der Waals surface area contributed by atoms with Crippen molar-refractivity contribution in [3.63, 3.8) is 0 Å². The Bertz CT molecular complexity index is 986. The van der Waals surface area contributed by atoms with Gasteiger partial charge in [0, 0.05) is 30.0 Å². The fourth-order valence-corrected chi connectivity index (χ4v) is 4.42. The molecule has 0 aliphatic heterocycles. The first-order chi connectivity index (χ1) is 14.1. The fourth-order valence-electron chi connectivity index (χ4n) is 4.42. The van der Waals surface area contributed by atoms with Gasteiger partial charge in [0.2, 0.25) is 6.41 Å². The zero-order valence-electron chi connectivity index (χ0n) is 16.3. The molecular weight excluding hydrogens is 367 g/mol. The molecule has 2 heterocycles. The van der Waals surface area contributed by atoms with E-state index in [1.807, 2.05) is 25.3 Å². The summed E-state index contributed by atoms with van der Waals surface area (Å²) in [6, 6.07) is 11.7. The molecule has 6 heteroatoms. The molecule has 0 spiro atoms. The molecule has 29 heavy (non-hydrogen) atoms. The van der Waals surface area contributed by atoms with E-state index in [4.69, 9.17) is 0 Å². The van der Waals surface area contributed by atoms with Gasteiger partial charge < -0.3 is 5.32 Å². The Labute approximate surface area is 170 Å². The third-order valence-corrected chi connectivity index (χ3v) is 5.92. The maximum absolute atomic E-state index is 12.7. The van der Waals surface area contributed by atoms with Gasteiger partial charge in [0.15, 0.2) is 11.6 Å². The molecule has 3 aliphatic rings. The average molecular weight is 392 g/mol. The van der Waals surface area contributed by atoms with Gasteiger partial charge in [-0.25, -0.2) is 14.4 Å². The number of aromatic nitrogens is 3. The van der Waals surface area contributed by atoms with E-state index in [9.17, 15) is 9.18 Å². The SMILES string of the molecule is Cc1ccc(NC=O)cc1-c1ncc(F)cn1.[HH].c1ccc(C23CCC(C2)C3)nc1. The summed E-state index contributed by atoms with van der Waals surface area (Å²) in [5.74, 6) is 0.985. The fraction of sp³-hybridized carbons (Fsp3) is 0.304. The number of nitrogens with one attached hydrogen (secondary N) is 1. The number of hydrogen-bond donors (Lipinski definition) is 1. The number of rotatable bonds is 4. The zero-order valence-corrected chi connectivity index (χ0v) is 16.3. The Morgan fingerprint density at radius 2 is 1.97 bits per heavy atom. The summed E-state index contributed by atoms with van der Waals surface area (Å²) in [5, 5.41) is 2.55. The molecule has 1 N–H and O–H groups in total. The summed E-state index contributed by atoms with van der Waals surface area (Å²) in [6.45, 7) is 1.90. The monoisotopic (exact) mass is 392 g/mol. The number of carbonyl (C=O) groups is 1. The molecule has 3 aromatic rings. The topological polar surface area (TPSA) is 67.8 Å². The van der Waals surface area contributed by atoms with Gasteiger partial charge in [-0.3, -0.25) is 9.78 Å². The van der Waals surface area contributed by atoms with E-state index in [1.54, 1.807) is 12.1 Å². The van der Waals surface area contributed by atoms with Crippen LogP contribution >= 0.6 is 0 Å². The second-order valence-electron chi connectivity index (χ2n) is 7.83. The second kappa shape index (κ2) is 8.07. The number of carbonyl (C=O) groups excluding carboxylic acids is 1. The minimum Gasteiger partial charge on any atom is -0.329 e. The highest BCUT2D eigenvalue weighted by atomic mass is 19.1. The van der Waals surface area contributed by atoms with Crippen molar-refractivity contribution in [2.24, 2.45) is 5.92 Å². The number of amides is 1. The molecule has 5 nitrogen and oxygen atoms in total. The molecule has 3 fully saturated rings. The number of anilines is 1. The van der Waals surface area contributed by atoms with Crippen molar-refractivity contribution < 1.29 is 10.6 Å². The third kappa shape index (κ3) is 4.01. The van der Waals surface area contributed by atoms with Crippen LogP contribution in [-0.2, 0) is 10.2 Å². The minimum atomic E-state index is -0.478. The van der Waals surface area contributed by atoms with Crippen LogP contribution < -0.4 is 5.32 Å². The Kier molecular flexibility index (Phi) is 5.34. The van der Waals surface area contributed by atoms with E-state index in [0.717, 1.165) is 29.4 Å². The number of nitrogens with zero attached hydrogens (tertiary/aromatic N) is 3. The summed E-state index contributed by atoms with van der Waals surface area (Å²) in [6.07, 6.45) is 10.4. The molecule has 3 aliphatic carbocycles. The average Bonchev–Trinajstić information content (AvgIpc) is 3.34. The van der Waals surface area contributed by atoms with Crippen molar-refractivity contribution in [1.82, 2.24) is 15.0 Å². The third-order valence-electron chi connectivity index (χ3n) is 5.92. The molecule has 1 aromatic carbocycles. The summed E-state index contributed by atoms with van der Waals surface area (Å²) in [7, 11) is 0. The standard InChI is InChI=1S/C12H10FN3O.C11H13N.H2/c1-8-2-3-10(16-7-17)4-11(8)12-14-5-9(13)6-15-12;1-2-6-12-10(3-1)11-5-4-9(7-11)8-11;/h2-7H,1H3,(H,16,17);1-3,6,9H,4-5,7-8H2;1H. The van der Waals surface area contributed by atoms with Crippen molar-refractivity contribution in [2.75, 3.05) is 5.32 Å². The maximum atomic E-state index is 12.7. The highest BCUT2D eigenvalue weighted by Gasteiger charge is 2.51. The molecule has 0 saturated heterocycles. The van der Waals surface area contributed by atoms with Gasteiger partial charge in [-0.2, -0.15) is 0 Å².